The third-order valence-corrected chi connectivity index (χ3v) is 1.89. The van der Waals surface area contributed by atoms with Crippen LogP contribution in [0.15, 0.2) is 24.3 Å². The summed E-state index contributed by atoms with van der Waals surface area (Å²) < 4.78 is 10.5. The molecule has 4 nitrogen and oxygen atoms in total. The minimum absolute atomic E-state index is 0.0460. The lowest BCUT2D eigenvalue weighted by Crippen LogP contribution is -2.28. The van der Waals surface area contributed by atoms with Crippen LogP contribution in [0.25, 0.3) is 0 Å². The highest BCUT2D eigenvalue weighted by Crippen LogP contribution is 2.17. The average molecular weight is 233 g/mol. The molecule has 0 aromatic heterocycles. The first-order chi connectivity index (χ1) is 8.26. The van der Waals surface area contributed by atoms with Crippen LogP contribution in [-0.4, -0.2) is 25.7 Å². The van der Waals surface area contributed by atoms with Gasteiger partial charge in [-0.2, -0.15) is 0 Å². The van der Waals surface area contributed by atoms with E-state index in [0.29, 0.717) is 12.4 Å². The molecule has 0 heterocycles. The average Bonchev–Trinajstić information content (AvgIpc) is 2.36. The van der Waals surface area contributed by atoms with Gasteiger partial charge < -0.3 is 14.8 Å². The number of rotatable bonds is 6. The van der Waals surface area contributed by atoms with Crippen molar-refractivity contribution in [3.05, 3.63) is 24.3 Å². The van der Waals surface area contributed by atoms with E-state index in [0.717, 1.165) is 5.75 Å². The summed E-state index contributed by atoms with van der Waals surface area (Å²) in [5.41, 5.74) is 0. The number of hydrogen-bond donors (Lipinski definition) is 1. The number of ether oxygens (including phenoxy) is 2. The Morgan fingerprint density at radius 1 is 1.29 bits per heavy atom. The van der Waals surface area contributed by atoms with E-state index < -0.39 is 0 Å². The first-order valence-electron chi connectivity index (χ1n) is 5.32. The maximum atomic E-state index is 11.2. The number of carbonyl (C=O) groups excluding carboxylic acids is 1. The van der Waals surface area contributed by atoms with Gasteiger partial charge in [0.25, 0.3) is 5.91 Å². The van der Waals surface area contributed by atoms with Crippen LogP contribution >= 0.6 is 0 Å². The predicted octanol–water partition coefficient (Wildman–Crippen LogP) is 1.21. The van der Waals surface area contributed by atoms with E-state index in [2.05, 4.69) is 11.2 Å². The maximum absolute atomic E-state index is 11.2. The summed E-state index contributed by atoms with van der Waals surface area (Å²) in [6, 6.07) is 7.08. The van der Waals surface area contributed by atoms with Crippen molar-refractivity contribution < 1.29 is 14.3 Å². The van der Waals surface area contributed by atoms with Crippen molar-refractivity contribution in [1.29, 1.82) is 0 Å². The van der Waals surface area contributed by atoms with Gasteiger partial charge in [0.05, 0.1) is 13.2 Å². The van der Waals surface area contributed by atoms with Gasteiger partial charge in [-0.25, -0.2) is 0 Å². The fourth-order valence-electron chi connectivity index (χ4n) is 1.15. The molecule has 0 saturated heterocycles. The lowest BCUT2D eigenvalue weighted by molar-refractivity contribution is -0.122. The summed E-state index contributed by atoms with van der Waals surface area (Å²) in [4.78, 5) is 11.2. The number of carbonyl (C=O) groups is 1. The summed E-state index contributed by atoms with van der Waals surface area (Å²) in [5.74, 6) is 3.46. The van der Waals surface area contributed by atoms with E-state index in [-0.39, 0.29) is 19.1 Å². The van der Waals surface area contributed by atoms with Gasteiger partial charge in [0, 0.05) is 0 Å². The molecule has 0 fully saturated rings. The molecule has 1 aromatic rings. The van der Waals surface area contributed by atoms with Crippen molar-refractivity contribution in [3.8, 4) is 23.8 Å². The summed E-state index contributed by atoms with van der Waals surface area (Å²) >= 11 is 0. The Balaban J connectivity index is 2.37. The van der Waals surface area contributed by atoms with Gasteiger partial charge in [0.15, 0.2) is 6.61 Å². The van der Waals surface area contributed by atoms with Crippen LogP contribution in [0.2, 0.25) is 0 Å². The second-order valence-corrected chi connectivity index (χ2v) is 3.17. The Labute approximate surface area is 101 Å². The van der Waals surface area contributed by atoms with Crippen molar-refractivity contribution >= 4 is 5.91 Å². The van der Waals surface area contributed by atoms with Crippen LogP contribution in [0.4, 0.5) is 0 Å². The molecule has 1 rings (SSSR count). The summed E-state index contributed by atoms with van der Waals surface area (Å²) in [7, 11) is 0. The normalized spacial score (nSPS) is 9.18. The topological polar surface area (TPSA) is 47.6 Å². The summed E-state index contributed by atoms with van der Waals surface area (Å²) in [6.07, 6.45) is 5.01. The van der Waals surface area contributed by atoms with Gasteiger partial charge >= 0.3 is 0 Å². The Kier molecular flexibility index (Phi) is 5.45. The number of nitrogens with one attached hydrogen (secondary N) is 1. The molecule has 0 unspecified atom stereocenters. The zero-order valence-corrected chi connectivity index (χ0v) is 9.73. The number of amides is 1. The fraction of sp³-hybridized carbons (Fsp3) is 0.308. The van der Waals surface area contributed by atoms with Crippen LogP contribution in [0, 0.1) is 12.3 Å². The fourth-order valence-corrected chi connectivity index (χ4v) is 1.15. The SMILES string of the molecule is C#CCNC(=O)COc1ccc(OCC)cc1. The molecule has 0 atom stereocenters. The summed E-state index contributed by atoms with van der Waals surface area (Å²) in [5, 5.41) is 2.51. The van der Waals surface area contributed by atoms with Crippen molar-refractivity contribution in [2.75, 3.05) is 19.8 Å². The standard InChI is InChI=1S/C13H15NO3/c1-3-9-14-13(15)10-17-12-7-5-11(6-8-12)16-4-2/h1,5-8H,4,9-10H2,2H3,(H,14,15). The molecule has 0 radical (unpaired) electrons. The number of benzene rings is 1. The van der Waals surface area contributed by atoms with Gasteiger partial charge in [-0.1, -0.05) is 5.92 Å². The number of hydrogen-bond acceptors (Lipinski definition) is 3. The molecular formula is C13H15NO3. The highest BCUT2D eigenvalue weighted by Gasteiger charge is 2.01. The second-order valence-electron chi connectivity index (χ2n) is 3.17. The molecule has 0 aliphatic carbocycles. The minimum Gasteiger partial charge on any atom is -0.494 e. The molecule has 1 amide bonds. The molecule has 0 spiro atoms. The predicted molar refractivity (Wildman–Crippen MR) is 64.9 cm³/mol. The van der Waals surface area contributed by atoms with E-state index in [4.69, 9.17) is 15.9 Å². The van der Waals surface area contributed by atoms with E-state index in [1.54, 1.807) is 24.3 Å². The molecular weight excluding hydrogens is 218 g/mol. The highest BCUT2D eigenvalue weighted by atomic mass is 16.5. The van der Waals surface area contributed by atoms with Crippen LogP contribution in [0.1, 0.15) is 6.92 Å². The molecule has 1 aromatic carbocycles. The first-order valence-corrected chi connectivity index (χ1v) is 5.32. The minimum atomic E-state index is -0.239. The Hall–Kier alpha value is -2.15. The van der Waals surface area contributed by atoms with Crippen LogP contribution in [0.3, 0.4) is 0 Å². The molecule has 4 heteroatoms. The van der Waals surface area contributed by atoms with Crippen molar-refractivity contribution in [2.45, 2.75) is 6.92 Å². The van der Waals surface area contributed by atoms with Gasteiger partial charge in [-0.15, -0.1) is 6.42 Å². The Morgan fingerprint density at radius 2 is 1.88 bits per heavy atom. The molecule has 0 aliphatic rings. The van der Waals surface area contributed by atoms with Crippen molar-refractivity contribution in [2.24, 2.45) is 0 Å². The van der Waals surface area contributed by atoms with E-state index >= 15 is 0 Å². The van der Waals surface area contributed by atoms with E-state index in [9.17, 15) is 4.79 Å². The van der Waals surface area contributed by atoms with E-state index in [1.807, 2.05) is 6.92 Å². The zero-order chi connectivity index (χ0) is 12.5. The quantitative estimate of drug-likeness (QED) is 0.751. The monoisotopic (exact) mass is 233 g/mol. The molecule has 0 aliphatic heterocycles. The van der Waals surface area contributed by atoms with Crippen molar-refractivity contribution in [1.82, 2.24) is 5.32 Å². The smallest absolute Gasteiger partial charge is 0.258 e. The lowest BCUT2D eigenvalue weighted by Gasteiger charge is -2.07. The van der Waals surface area contributed by atoms with Crippen LogP contribution in [0.5, 0.6) is 11.5 Å². The van der Waals surface area contributed by atoms with Gasteiger partial charge in [-0.05, 0) is 31.2 Å². The van der Waals surface area contributed by atoms with E-state index in [1.165, 1.54) is 0 Å². The first kappa shape index (κ1) is 12.9. The van der Waals surface area contributed by atoms with Crippen molar-refractivity contribution in [3.63, 3.8) is 0 Å². The third-order valence-electron chi connectivity index (χ3n) is 1.89. The largest absolute Gasteiger partial charge is 0.494 e. The zero-order valence-electron chi connectivity index (χ0n) is 9.73. The molecule has 90 valence electrons. The molecule has 0 saturated carbocycles. The van der Waals surface area contributed by atoms with Crippen LogP contribution in [-0.2, 0) is 4.79 Å². The van der Waals surface area contributed by atoms with Gasteiger partial charge in [0.1, 0.15) is 11.5 Å². The maximum Gasteiger partial charge on any atom is 0.258 e. The molecule has 0 bridgehead atoms. The second kappa shape index (κ2) is 7.18. The molecule has 17 heavy (non-hydrogen) atoms. The molecule has 1 N–H and O–H groups in total. The van der Waals surface area contributed by atoms with Crippen LogP contribution < -0.4 is 14.8 Å². The lowest BCUT2D eigenvalue weighted by atomic mass is 10.3. The van der Waals surface area contributed by atoms with Gasteiger partial charge in [-0.3, -0.25) is 4.79 Å². The number of terminal acetylenes is 1. The summed E-state index contributed by atoms with van der Waals surface area (Å²) in [6.45, 7) is 2.70. The Bertz CT molecular complexity index is 392. The van der Waals surface area contributed by atoms with Gasteiger partial charge in [0.2, 0.25) is 0 Å². The Morgan fingerprint density at radius 3 is 2.41 bits per heavy atom. The highest BCUT2D eigenvalue weighted by molar-refractivity contribution is 5.77. The third kappa shape index (κ3) is 4.94.